The maximum atomic E-state index is 11.9. The summed E-state index contributed by atoms with van der Waals surface area (Å²) in [6.45, 7) is 3.08. The highest BCUT2D eigenvalue weighted by Crippen LogP contribution is 2.17. The van der Waals surface area contributed by atoms with E-state index >= 15 is 0 Å². The van der Waals surface area contributed by atoms with Gasteiger partial charge in [0.25, 0.3) is 0 Å². The fraction of sp³-hybridized carbons (Fsp3) is 0.278. The number of carbonyl (C=O) groups excluding carboxylic acids is 1. The molecule has 2 aromatic carbocycles. The smallest absolute Gasteiger partial charge is 0.224 e. The first kappa shape index (κ1) is 17.3. The van der Waals surface area contributed by atoms with E-state index in [4.69, 9.17) is 9.47 Å². The number of anilines is 1. The van der Waals surface area contributed by atoms with Gasteiger partial charge in [0.15, 0.2) is 0 Å². The number of amides is 1. The van der Waals surface area contributed by atoms with Gasteiger partial charge in [-0.05, 0) is 61.9 Å². The first-order chi connectivity index (χ1) is 11.2. The minimum Gasteiger partial charge on any atom is -0.494 e. The highest BCUT2D eigenvalue weighted by molar-refractivity contribution is 9.10. The lowest BCUT2D eigenvalue weighted by Gasteiger charge is -2.08. The van der Waals surface area contributed by atoms with Gasteiger partial charge in [0.05, 0.1) is 13.2 Å². The summed E-state index contributed by atoms with van der Waals surface area (Å²) in [7, 11) is 0. The number of benzene rings is 2. The third-order valence-electron chi connectivity index (χ3n) is 3.08. The summed E-state index contributed by atoms with van der Waals surface area (Å²) in [5.41, 5.74) is 0.771. The van der Waals surface area contributed by atoms with Crippen LogP contribution in [0.1, 0.15) is 19.8 Å². The number of ether oxygens (including phenoxy) is 2. The van der Waals surface area contributed by atoms with Crippen LogP contribution in [0.4, 0.5) is 5.69 Å². The van der Waals surface area contributed by atoms with Gasteiger partial charge in [-0.3, -0.25) is 4.79 Å². The summed E-state index contributed by atoms with van der Waals surface area (Å²) < 4.78 is 12.0. The fourth-order valence-electron chi connectivity index (χ4n) is 1.98. The number of hydrogen-bond acceptors (Lipinski definition) is 3. The number of carbonyl (C=O) groups is 1. The molecule has 0 aromatic heterocycles. The molecule has 4 nitrogen and oxygen atoms in total. The molecule has 2 aromatic rings. The van der Waals surface area contributed by atoms with Gasteiger partial charge in [0.1, 0.15) is 11.5 Å². The molecule has 0 aliphatic heterocycles. The quantitative estimate of drug-likeness (QED) is 0.681. The minimum atomic E-state index is -0.0198. The van der Waals surface area contributed by atoms with Gasteiger partial charge < -0.3 is 14.8 Å². The van der Waals surface area contributed by atoms with Crippen LogP contribution in [-0.4, -0.2) is 19.1 Å². The molecule has 1 N–H and O–H groups in total. The number of nitrogens with one attached hydrogen (secondary N) is 1. The van der Waals surface area contributed by atoms with Crippen molar-refractivity contribution in [1.29, 1.82) is 0 Å². The Morgan fingerprint density at radius 2 is 1.61 bits per heavy atom. The van der Waals surface area contributed by atoms with Crippen LogP contribution < -0.4 is 14.8 Å². The first-order valence-electron chi connectivity index (χ1n) is 7.58. The van der Waals surface area contributed by atoms with Crippen LogP contribution in [0.5, 0.6) is 11.5 Å². The van der Waals surface area contributed by atoms with Crippen LogP contribution in [0.15, 0.2) is 53.0 Å². The van der Waals surface area contributed by atoms with Gasteiger partial charge in [-0.2, -0.15) is 0 Å². The summed E-state index contributed by atoms with van der Waals surface area (Å²) >= 11 is 3.37. The van der Waals surface area contributed by atoms with Gasteiger partial charge in [-0.25, -0.2) is 0 Å². The number of halogens is 1. The highest BCUT2D eigenvalue weighted by atomic mass is 79.9. The topological polar surface area (TPSA) is 47.6 Å². The van der Waals surface area contributed by atoms with E-state index in [-0.39, 0.29) is 5.91 Å². The standard InChI is InChI=1S/C18H20BrNO3/c1-2-22-16-11-7-15(8-12-16)20-18(21)4-3-13-23-17-9-5-14(19)6-10-17/h5-12H,2-4,13H2,1H3,(H,20,21). The van der Waals surface area contributed by atoms with Crippen molar-refractivity contribution >= 4 is 27.5 Å². The highest BCUT2D eigenvalue weighted by Gasteiger charge is 2.03. The largest absolute Gasteiger partial charge is 0.494 e. The molecule has 0 saturated carbocycles. The van der Waals surface area contributed by atoms with E-state index in [1.165, 1.54) is 0 Å². The summed E-state index contributed by atoms with van der Waals surface area (Å²) in [5.74, 6) is 1.59. The maximum Gasteiger partial charge on any atom is 0.224 e. The van der Waals surface area contributed by atoms with Crippen molar-refractivity contribution in [3.8, 4) is 11.5 Å². The molecule has 0 spiro atoms. The normalized spacial score (nSPS) is 10.2. The van der Waals surface area contributed by atoms with E-state index in [9.17, 15) is 4.79 Å². The predicted octanol–water partition coefficient (Wildman–Crippen LogP) is 4.65. The Hall–Kier alpha value is -2.01. The molecule has 0 fully saturated rings. The van der Waals surface area contributed by atoms with Crippen molar-refractivity contribution in [1.82, 2.24) is 0 Å². The predicted molar refractivity (Wildman–Crippen MR) is 95.1 cm³/mol. The van der Waals surface area contributed by atoms with Gasteiger partial charge in [0, 0.05) is 16.6 Å². The third kappa shape index (κ3) is 6.32. The molecular weight excluding hydrogens is 358 g/mol. The summed E-state index contributed by atoms with van der Waals surface area (Å²) in [4.78, 5) is 11.9. The molecule has 0 aliphatic rings. The lowest BCUT2D eigenvalue weighted by Crippen LogP contribution is -2.12. The zero-order valence-corrected chi connectivity index (χ0v) is 14.6. The van der Waals surface area contributed by atoms with Crippen LogP contribution in [0.2, 0.25) is 0 Å². The summed E-state index contributed by atoms with van der Waals surface area (Å²) in [6.07, 6.45) is 1.09. The van der Waals surface area contributed by atoms with Crippen molar-refractivity contribution < 1.29 is 14.3 Å². The van der Waals surface area contributed by atoms with Gasteiger partial charge in [-0.1, -0.05) is 15.9 Å². The van der Waals surface area contributed by atoms with Gasteiger partial charge in [-0.15, -0.1) is 0 Å². The van der Waals surface area contributed by atoms with Crippen LogP contribution in [-0.2, 0) is 4.79 Å². The Morgan fingerprint density at radius 1 is 1.00 bits per heavy atom. The van der Waals surface area contributed by atoms with E-state index < -0.39 is 0 Å². The molecule has 0 radical (unpaired) electrons. The Morgan fingerprint density at radius 3 is 2.26 bits per heavy atom. The van der Waals surface area contributed by atoms with Gasteiger partial charge >= 0.3 is 0 Å². The average Bonchev–Trinajstić information content (AvgIpc) is 2.55. The average molecular weight is 378 g/mol. The Balaban J connectivity index is 1.67. The van der Waals surface area contributed by atoms with E-state index in [0.29, 0.717) is 26.1 Å². The van der Waals surface area contributed by atoms with E-state index in [2.05, 4.69) is 21.2 Å². The van der Waals surface area contributed by atoms with Crippen molar-refractivity contribution in [2.75, 3.05) is 18.5 Å². The zero-order chi connectivity index (χ0) is 16.5. The van der Waals surface area contributed by atoms with Crippen molar-refractivity contribution in [3.63, 3.8) is 0 Å². The van der Waals surface area contributed by atoms with Crippen LogP contribution in [0, 0.1) is 0 Å². The summed E-state index contributed by atoms with van der Waals surface area (Å²) in [6, 6.07) is 15.0. The van der Waals surface area contributed by atoms with Crippen LogP contribution in [0.25, 0.3) is 0 Å². The lowest BCUT2D eigenvalue weighted by atomic mass is 10.2. The molecule has 0 atom stereocenters. The first-order valence-corrected chi connectivity index (χ1v) is 8.38. The van der Waals surface area contributed by atoms with Crippen molar-refractivity contribution in [2.45, 2.75) is 19.8 Å². The molecule has 2 rings (SSSR count). The molecule has 122 valence electrons. The molecule has 0 bridgehead atoms. The Kier molecular flexibility index (Phi) is 6.94. The fourth-order valence-corrected chi connectivity index (χ4v) is 2.24. The Labute approximate surface area is 144 Å². The number of hydrogen-bond donors (Lipinski definition) is 1. The minimum absolute atomic E-state index is 0.0198. The van der Waals surface area contributed by atoms with Gasteiger partial charge in [0.2, 0.25) is 5.91 Å². The van der Waals surface area contributed by atoms with Crippen molar-refractivity contribution in [3.05, 3.63) is 53.0 Å². The maximum absolute atomic E-state index is 11.9. The third-order valence-corrected chi connectivity index (χ3v) is 3.61. The molecule has 23 heavy (non-hydrogen) atoms. The second kappa shape index (κ2) is 9.20. The molecular formula is C18H20BrNO3. The molecule has 5 heteroatoms. The van der Waals surface area contributed by atoms with Crippen LogP contribution in [0.3, 0.4) is 0 Å². The molecule has 0 heterocycles. The monoisotopic (exact) mass is 377 g/mol. The summed E-state index contributed by atoms with van der Waals surface area (Å²) in [5, 5.41) is 2.86. The second-order valence-electron chi connectivity index (χ2n) is 4.91. The molecule has 1 amide bonds. The van der Waals surface area contributed by atoms with Crippen LogP contribution >= 0.6 is 15.9 Å². The molecule has 0 aliphatic carbocycles. The zero-order valence-electron chi connectivity index (χ0n) is 13.0. The SMILES string of the molecule is CCOc1ccc(NC(=O)CCCOc2ccc(Br)cc2)cc1. The lowest BCUT2D eigenvalue weighted by molar-refractivity contribution is -0.116. The van der Waals surface area contributed by atoms with E-state index in [1.807, 2.05) is 55.5 Å². The Bertz CT molecular complexity index is 611. The van der Waals surface area contributed by atoms with E-state index in [1.54, 1.807) is 0 Å². The second-order valence-corrected chi connectivity index (χ2v) is 5.83. The molecule has 0 saturated heterocycles. The number of rotatable bonds is 8. The van der Waals surface area contributed by atoms with Crippen molar-refractivity contribution in [2.24, 2.45) is 0 Å². The molecule has 0 unspecified atom stereocenters. The van der Waals surface area contributed by atoms with E-state index in [0.717, 1.165) is 21.7 Å².